The number of rotatable bonds is 4. The van der Waals surface area contributed by atoms with Crippen molar-refractivity contribution >= 4 is 11.9 Å². The molecule has 2 aromatic rings. The van der Waals surface area contributed by atoms with Crippen LogP contribution < -0.4 is 14.2 Å². The highest BCUT2D eigenvalue weighted by Crippen LogP contribution is 2.47. The standard InChI is InChI=1S/C26H28O6/c1-14(2)6-7-15-10-16(11-19(27)25(15)30-5)18-13-31-21-12-20-17(8-9-26(3,4)32-20)23(28)22(21)24(18)29/h6,8-12,18,27-28H,7,13H2,1-5H3/t18-/m0/s1. The van der Waals surface area contributed by atoms with Crippen LogP contribution in [0.15, 0.2) is 35.9 Å². The summed E-state index contributed by atoms with van der Waals surface area (Å²) in [4.78, 5) is 13.5. The lowest BCUT2D eigenvalue weighted by molar-refractivity contribution is 0.0890. The van der Waals surface area contributed by atoms with Gasteiger partial charge in [-0.05, 0) is 57.9 Å². The lowest BCUT2D eigenvalue weighted by Crippen LogP contribution is -2.29. The molecular formula is C26H28O6. The Morgan fingerprint density at radius 2 is 1.97 bits per heavy atom. The fourth-order valence-electron chi connectivity index (χ4n) is 4.11. The lowest BCUT2D eigenvalue weighted by Gasteiger charge is -2.31. The van der Waals surface area contributed by atoms with Crippen molar-refractivity contribution < 1.29 is 29.2 Å². The maximum Gasteiger partial charge on any atom is 0.181 e. The first kappa shape index (κ1) is 21.8. The molecule has 2 heterocycles. The van der Waals surface area contributed by atoms with E-state index in [0.717, 1.165) is 11.1 Å². The van der Waals surface area contributed by atoms with Gasteiger partial charge < -0.3 is 24.4 Å². The predicted octanol–water partition coefficient (Wildman–Crippen LogP) is 5.16. The molecule has 0 saturated carbocycles. The molecule has 2 aliphatic rings. The summed E-state index contributed by atoms with van der Waals surface area (Å²) in [5, 5.41) is 21.5. The number of carbonyl (C=O) groups is 1. The minimum atomic E-state index is -0.668. The van der Waals surface area contributed by atoms with Crippen LogP contribution in [0.3, 0.4) is 0 Å². The Morgan fingerprint density at radius 1 is 1.22 bits per heavy atom. The van der Waals surface area contributed by atoms with Crippen molar-refractivity contribution in [1.29, 1.82) is 0 Å². The number of phenols is 2. The average molecular weight is 437 g/mol. The summed E-state index contributed by atoms with van der Waals surface area (Å²) < 4.78 is 17.2. The van der Waals surface area contributed by atoms with E-state index in [1.807, 2.05) is 45.9 Å². The predicted molar refractivity (Wildman–Crippen MR) is 122 cm³/mol. The normalized spacial score (nSPS) is 18.2. The molecule has 1 atom stereocenters. The summed E-state index contributed by atoms with van der Waals surface area (Å²) in [7, 11) is 1.50. The van der Waals surface area contributed by atoms with Crippen LogP contribution in [-0.2, 0) is 6.42 Å². The highest BCUT2D eigenvalue weighted by atomic mass is 16.5. The maximum atomic E-state index is 13.5. The largest absolute Gasteiger partial charge is 0.506 e. The number of aromatic hydroxyl groups is 2. The monoisotopic (exact) mass is 436 g/mol. The molecule has 0 radical (unpaired) electrons. The summed E-state index contributed by atoms with van der Waals surface area (Å²) in [5.41, 5.74) is 2.60. The summed E-state index contributed by atoms with van der Waals surface area (Å²) >= 11 is 0. The van der Waals surface area contributed by atoms with Gasteiger partial charge in [0.15, 0.2) is 17.3 Å². The lowest BCUT2D eigenvalue weighted by atomic mass is 9.85. The van der Waals surface area contributed by atoms with Gasteiger partial charge in [-0.15, -0.1) is 0 Å². The first-order chi connectivity index (χ1) is 15.1. The summed E-state index contributed by atoms with van der Waals surface area (Å²) in [6.07, 6.45) is 6.19. The number of hydrogen-bond donors (Lipinski definition) is 2. The number of methoxy groups -OCH3 is 1. The first-order valence-electron chi connectivity index (χ1n) is 10.6. The highest BCUT2D eigenvalue weighted by molar-refractivity contribution is 6.07. The van der Waals surface area contributed by atoms with Gasteiger partial charge in [-0.25, -0.2) is 0 Å². The van der Waals surface area contributed by atoms with E-state index in [-0.39, 0.29) is 29.5 Å². The molecule has 2 N–H and O–H groups in total. The Kier molecular flexibility index (Phi) is 5.41. The fourth-order valence-corrected chi connectivity index (χ4v) is 4.11. The van der Waals surface area contributed by atoms with Gasteiger partial charge >= 0.3 is 0 Å². The molecule has 2 aliphatic heterocycles. The summed E-state index contributed by atoms with van der Waals surface area (Å²) in [6.45, 7) is 7.90. The number of hydrogen-bond acceptors (Lipinski definition) is 6. The van der Waals surface area contributed by atoms with Gasteiger partial charge in [0.05, 0.1) is 18.6 Å². The summed E-state index contributed by atoms with van der Waals surface area (Å²) in [6, 6.07) is 5.05. The number of Topliss-reactive ketones (excluding diaryl/α,β-unsaturated/α-hetero) is 1. The van der Waals surface area contributed by atoms with Crippen molar-refractivity contribution in [3.63, 3.8) is 0 Å². The van der Waals surface area contributed by atoms with E-state index in [9.17, 15) is 15.0 Å². The van der Waals surface area contributed by atoms with Crippen LogP contribution in [-0.4, -0.2) is 35.3 Å². The van der Waals surface area contributed by atoms with Gasteiger partial charge in [0.25, 0.3) is 0 Å². The van der Waals surface area contributed by atoms with E-state index in [1.54, 1.807) is 12.1 Å². The summed E-state index contributed by atoms with van der Waals surface area (Å²) in [5.74, 6) is 0.0522. The van der Waals surface area contributed by atoms with Crippen LogP contribution in [0.5, 0.6) is 28.7 Å². The van der Waals surface area contributed by atoms with Crippen LogP contribution in [0.4, 0.5) is 0 Å². The quantitative estimate of drug-likeness (QED) is 0.644. The van der Waals surface area contributed by atoms with E-state index in [0.29, 0.717) is 34.8 Å². The molecule has 0 amide bonds. The van der Waals surface area contributed by atoms with Crippen molar-refractivity contribution in [2.45, 2.75) is 45.6 Å². The maximum absolute atomic E-state index is 13.5. The number of benzene rings is 2. The zero-order valence-electron chi connectivity index (χ0n) is 19.0. The Bertz CT molecular complexity index is 1150. The van der Waals surface area contributed by atoms with Crippen molar-refractivity contribution in [2.75, 3.05) is 13.7 Å². The van der Waals surface area contributed by atoms with Crippen LogP contribution >= 0.6 is 0 Å². The number of fused-ring (bicyclic) bond motifs is 2. The van der Waals surface area contributed by atoms with Crippen molar-refractivity contribution in [1.82, 2.24) is 0 Å². The van der Waals surface area contributed by atoms with Crippen LogP contribution in [0, 0.1) is 0 Å². The fraction of sp³-hybridized carbons (Fsp3) is 0.346. The second kappa shape index (κ2) is 7.93. The Hall–Kier alpha value is -3.41. The molecule has 6 nitrogen and oxygen atoms in total. The zero-order valence-corrected chi connectivity index (χ0v) is 19.0. The Balaban J connectivity index is 1.75. The van der Waals surface area contributed by atoms with Crippen molar-refractivity contribution in [2.24, 2.45) is 0 Å². The second-order valence-electron chi connectivity index (χ2n) is 8.99. The van der Waals surface area contributed by atoms with Gasteiger partial charge in [0, 0.05) is 11.6 Å². The van der Waals surface area contributed by atoms with Crippen molar-refractivity contribution in [3.8, 4) is 28.7 Å². The molecule has 0 fully saturated rings. The van der Waals surface area contributed by atoms with Gasteiger partial charge in [-0.1, -0.05) is 17.7 Å². The van der Waals surface area contributed by atoms with E-state index >= 15 is 0 Å². The van der Waals surface area contributed by atoms with Crippen LogP contribution in [0.25, 0.3) is 6.08 Å². The molecule has 4 rings (SSSR count). The molecule has 0 spiro atoms. The molecule has 0 saturated heterocycles. The number of ether oxygens (including phenoxy) is 3. The van der Waals surface area contributed by atoms with Gasteiger partial charge in [-0.3, -0.25) is 4.79 Å². The third kappa shape index (κ3) is 3.81. The number of allylic oxidation sites excluding steroid dienone is 2. The first-order valence-corrected chi connectivity index (χ1v) is 10.6. The van der Waals surface area contributed by atoms with E-state index in [2.05, 4.69) is 0 Å². The van der Waals surface area contributed by atoms with Gasteiger partial charge in [0.2, 0.25) is 0 Å². The number of phenolic OH excluding ortho intramolecular Hbond substituents is 2. The molecule has 32 heavy (non-hydrogen) atoms. The van der Waals surface area contributed by atoms with Crippen molar-refractivity contribution in [3.05, 3.63) is 58.2 Å². The molecule has 0 aromatic heterocycles. The molecule has 0 bridgehead atoms. The second-order valence-corrected chi connectivity index (χ2v) is 8.99. The van der Waals surface area contributed by atoms with Crippen LogP contribution in [0.1, 0.15) is 60.7 Å². The van der Waals surface area contributed by atoms with Gasteiger partial charge in [0.1, 0.15) is 35.0 Å². The highest BCUT2D eigenvalue weighted by Gasteiger charge is 2.37. The molecule has 6 heteroatoms. The third-order valence-corrected chi connectivity index (χ3v) is 5.76. The van der Waals surface area contributed by atoms with Gasteiger partial charge in [-0.2, -0.15) is 0 Å². The minimum absolute atomic E-state index is 0.0334. The smallest absolute Gasteiger partial charge is 0.181 e. The topological polar surface area (TPSA) is 85.2 Å². The van der Waals surface area contributed by atoms with E-state index < -0.39 is 11.5 Å². The SMILES string of the molecule is COc1c(O)cc([C@@H]2COc3cc4c(c(O)c3C2=O)C=CC(C)(C)O4)cc1CC=C(C)C. The third-order valence-electron chi connectivity index (χ3n) is 5.76. The molecule has 2 aromatic carbocycles. The number of ketones is 1. The van der Waals surface area contributed by atoms with E-state index in [4.69, 9.17) is 14.2 Å². The average Bonchev–Trinajstić information content (AvgIpc) is 2.71. The zero-order chi connectivity index (χ0) is 23.2. The van der Waals surface area contributed by atoms with E-state index in [1.165, 1.54) is 13.2 Å². The Morgan fingerprint density at radius 3 is 2.66 bits per heavy atom. The molecular weight excluding hydrogens is 408 g/mol. The van der Waals surface area contributed by atoms with Crippen LogP contribution in [0.2, 0.25) is 0 Å². The molecule has 168 valence electrons. The molecule has 0 aliphatic carbocycles. The minimum Gasteiger partial charge on any atom is -0.506 e. The molecule has 0 unspecified atom stereocenters. The number of carbonyl (C=O) groups excluding carboxylic acids is 1. The Labute approximate surface area is 187 Å².